The summed E-state index contributed by atoms with van der Waals surface area (Å²) in [7, 11) is 1.69. The Morgan fingerprint density at radius 3 is 2.61 bits per heavy atom. The summed E-state index contributed by atoms with van der Waals surface area (Å²) in [6, 6.07) is 19.2. The Hall–Kier alpha value is -1.94. The molecular formula is C19H22N2OS. The summed E-state index contributed by atoms with van der Waals surface area (Å²) in [6.45, 7) is 3.11. The fourth-order valence-electron chi connectivity index (χ4n) is 2.66. The highest BCUT2D eigenvalue weighted by atomic mass is 32.2. The highest BCUT2D eigenvalue weighted by Gasteiger charge is 2.24. The molecule has 0 bridgehead atoms. The molecule has 1 heterocycles. The molecule has 0 aromatic heterocycles. The van der Waals surface area contributed by atoms with Crippen LogP contribution in [0, 0.1) is 0 Å². The van der Waals surface area contributed by atoms with Crippen molar-refractivity contribution < 1.29 is 4.74 Å². The first-order valence-corrected chi connectivity index (χ1v) is 8.86. The van der Waals surface area contributed by atoms with Crippen LogP contribution >= 0.6 is 11.8 Å². The van der Waals surface area contributed by atoms with Crippen molar-refractivity contribution in [2.75, 3.05) is 13.7 Å². The van der Waals surface area contributed by atoms with E-state index in [4.69, 9.17) is 4.74 Å². The van der Waals surface area contributed by atoms with E-state index in [9.17, 15) is 0 Å². The molecule has 23 heavy (non-hydrogen) atoms. The van der Waals surface area contributed by atoms with Crippen LogP contribution in [0.4, 0.5) is 0 Å². The highest BCUT2D eigenvalue weighted by Crippen LogP contribution is 2.24. The van der Waals surface area contributed by atoms with Gasteiger partial charge in [-0.1, -0.05) is 61.2 Å². The van der Waals surface area contributed by atoms with E-state index in [0.717, 1.165) is 23.2 Å². The van der Waals surface area contributed by atoms with Gasteiger partial charge in [0.1, 0.15) is 5.75 Å². The molecule has 3 rings (SSSR count). The average molecular weight is 326 g/mol. The van der Waals surface area contributed by atoms with Crippen LogP contribution < -0.4 is 10.1 Å². The molecule has 1 aliphatic rings. The van der Waals surface area contributed by atoms with E-state index in [-0.39, 0.29) is 0 Å². The second kappa shape index (κ2) is 7.55. The van der Waals surface area contributed by atoms with E-state index in [1.807, 2.05) is 12.1 Å². The lowest BCUT2D eigenvalue weighted by molar-refractivity contribution is 0.414. The third-order valence-corrected chi connectivity index (χ3v) is 5.20. The second-order valence-electron chi connectivity index (χ2n) is 5.73. The van der Waals surface area contributed by atoms with Crippen molar-refractivity contribution in [2.45, 2.75) is 24.6 Å². The van der Waals surface area contributed by atoms with E-state index in [0.29, 0.717) is 12.0 Å². The standard InChI is InChI=1S/C19H22N2OS/c1-14(16-6-4-3-5-7-16)18-12-20-19(21-18)23-13-15-8-10-17(22-2)11-9-15/h3-11,14,18H,12-13H2,1-2H3,(H,20,21). The molecule has 0 amide bonds. The average Bonchev–Trinajstić information content (AvgIpc) is 3.09. The summed E-state index contributed by atoms with van der Waals surface area (Å²) in [6.07, 6.45) is 0. The molecule has 2 atom stereocenters. The first-order valence-electron chi connectivity index (χ1n) is 7.88. The zero-order valence-electron chi connectivity index (χ0n) is 13.5. The predicted molar refractivity (Wildman–Crippen MR) is 98.4 cm³/mol. The van der Waals surface area contributed by atoms with Gasteiger partial charge in [0.05, 0.1) is 19.7 Å². The van der Waals surface area contributed by atoms with Gasteiger partial charge in [0.25, 0.3) is 0 Å². The minimum absolute atomic E-state index is 0.385. The van der Waals surface area contributed by atoms with Gasteiger partial charge in [-0.3, -0.25) is 4.99 Å². The molecule has 0 radical (unpaired) electrons. The Labute approximate surface area is 142 Å². The van der Waals surface area contributed by atoms with Gasteiger partial charge in [-0.25, -0.2) is 0 Å². The van der Waals surface area contributed by atoms with Gasteiger partial charge in [-0.2, -0.15) is 0 Å². The number of amidine groups is 1. The molecule has 3 nitrogen and oxygen atoms in total. The van der Waals surface area contributed by atoms with Crippen molar-refractivity contribution in [1.29, 1.82) is 0 Å². The lowest BCUT2D eigenvalue weighted by Gasteiger charge is -2.20. The van der Waals surface area contributed by atoms with E-state index in [1.165, 1.54) is 11.1 Å². The molecule has 2 unspecified atom stereocenters. The van der Waals surface area contributed by atoms with Crippen LogP contribution in [0.3, 0.4) is 0 Å². The smallest absolute Gasteiger partial charge is 0.157 e. The van der Waals surface area contributed by atoms with Gasteiger partial charge in [0.15, 0.2) is 5.17 Å². The molecule has 1 N–H and O–H groups in total. The van der Waals surface area contributed by atoms with Crippen molar-refractivity contribution in [1.82, 2.24) is 5.32 Å². The number of hydrogen-bond donors (Lipinski definition) is 1. The summed E-state index contributed by atoms with van der Waals surface area (Å²) in [5.41, 5.74) is 2.64. The number of methoxy groups -OCH3 is 1. The van der Waals surface area contributed by atoms with E-state index >= 15 is 0 Å². The Balaban J connectivity index is 1.51. The number of hydrogen-bond acceptors (Lipinski definition) is 4. The van der Waals surface area contributed by atoms with Crippen molar-refractivity contribution in [3.8, 4) is 5.75 Å². The van der Waals surface area contributed by atoms with Crippen LogP contribution in [0.1, 0.15) is 24.0 Å². The monoisotopic (exact) mass is 326 g/mol. The maximum absolute atomic E-state index is 5.19. The Kier molecular flexibility index (Phi) is 5.23. The van der Waals surface area contributed by atoms with Gasteiger partial charge in [-0.15, -0.1) is 0 Å². The van der Waals surface area contributed by atoms with E-state index in [1.54, 1.807) is 18.9 Å². The molecule has 120 valence electrons. The van der Waals surface area contributed by atoms with Gasteiger partial charge >= 0.3 is 0 Å². The predicted octanol–water partition coefficient (Wildman–Crippen LogP) is 4.06. The fraction of sp³-hybridized carbons (Fsp3) is 0.316. The number of benzene rings is 2. The Bertz CT molecular complexity index is 655. The largest absolute Gasteiger partial charge is 0.497 e. The summed E-state index contributed by atoms with van der Waals surface area (Å²) >= 11 is 1.77. The lowest BCUT2D eigenvalue weighted by atomic mass is 9.94. The minimum atomic E-state index is 0.385. The molecule has 0 saturated heterocycles. The zero-order chi connectivity index (χ0) is 16.1. The molecule has 4 heteroatoms. The van der Waals surface area contributed by atoms with Gasteiger partial charge in [-0.05, 0) is 23.3 Å². The normalized spacial score (nSPS) is 18.2. The Morgan fingerprint density at radius 1 is 1.17 bits per heavy atom. The zero-order valence-corrected chi connectivity index (χ0v) is 14.3. The molecule has 0 aliphatic carbocycles. The summed E-state index contributed by atoms with van der Waals surface area (Å²) in [5.74, 6) is 2.27. The second-order valence-corrected chi connectivity index (χ2v) is 6.70. The molecule has 2 aromatic carbocycles. The van der Waals surface area contributed by atoms with Gasteiger partial charge < -0.3 is 10.1 Å². The number of nitrogens with one attached hydrogen (secondary N) is 1. The number of ether oxygens (including phenoxy) is 1. The summed E-state index contributed by atoms with van der Waals surface area (Å²) in [5, 5.41) is 4.62. The SMILES string of the molecule is COc1ccc(CSC2=NCC(C(C)c3ccccc3)N2)cc1. The number of rotatable bonds is 5. The summed E-state index contributed by atoms with van der Waals surface area (Å²) < 4.78 is 5.19. The fourth-order valence-corrected chi connectivity index (χ4v) is 3.56. The van der Waals surface area contributed by atoms with Crippen LogP contribution in [-0.4, -0.2) is 24.9 Å². The van der Waals surface area contributed by atoms with E-state index in [2.05, 4.69) is 59.7 Å². The highest BCUT2D eigenvalue weighted by molar-refractivity contribution is 8.13. The van der Waals surface area contributed by atoms with Gasteiger partial charge in [0.2, 0.25) is 0 Å². The lowest BCUT2D eigenvalue weighted by Crippen LogP contribution is -2.33. The number of aliphatic imine (C=N–C) groups is 1. The third-order valence-electron chi connectivity index (χ3n) is 4.20. The van der Waals surface area contributed by atoms with Crippen LogP contribution in [-0.2, 0) is 5.75 Å². The van der Waals surface area contributed by atoms with Crippen molar-refractivity contribution in [3.63, 3.8) is 0 Å². The first-order chi connectivity index (χ1) is 11.3. The number of nitrogens with zero attached hydrogens (tertiary/aromatic N) is 1. The van der Waals surface area contributed by atoms with Crippen LogP contribution in [0.5, 0.6) is 5.75 Å². The van der Waals surface area contributed by atoms with Crippen molar-refractivity contribution in [3.05, 3.63) is 65.7 Å². The minimum Gasteiger partial charge on any atom is -0.497 e. The van der Waals surface area contributed by atoms with Crippen LogP contribution in [0.2, 0.25) is 0 Å². The maximum atomic E-state index is 5.19. The summed E-state index contributed by atoms with van der Waals surface area (Å²) in [4.78, 5) is 4.66. The van der Waals surface area contributed by atoms with Gasteiger partial charge in [0, 0.05) is 11.7 Å². The molecule has 2 aromatic rings. The molecule has 0 saturated carbocycles. The topological polar surface area (TPSA) is 33.6 Å². The quantitative estimate of drug-likeness (QED) is 0.899. The number of thioether (sulfide) groups is 1. The Morgan fingerprint density at radius 2 is 1.91 bits per heavy atom. The maximum Gasteiger partial charge on any atom is 0.157 e. The van der Waals surface area contributed by atoms with Crippen LogP contribution in [0.25, 0.3) is 0 Å². The van der Waals surface area contributed by atoms with E-state index < -0.39 is 0 Å². The molecular weight excluding hydrogens is 304 g/mol. The first kappa shape index (κ1) is 15.9. The molecule has 0 spiro atoms. The van der Waals surface area contributed by atoms with Crippen molar-refractivity contribution >= 4 is 16.9 Å². The third kappa shape index (κ3) is 4.08. The molecule has 1 aliphatic heterocycles. The van der Waals surface area contributed by atoms with Crippen molar-refractivity contribution in [2.24, 2.45) is 4.99 Å². The van der Waals surface area contributed by atoms with Crippen LogP contribution in [0.15, 0.2) is 59.6 Å². The molecule has 0 fully saturated rings.